The van der Waals surface area contributed by atoms with Gasteiger partial charge in [-0.25, -0.2) is 14.8 Å². The van der Waals surface area contributed by atoms with Crippen LogP contribution < -0.4 is 0 Å². The SMILES string of the molecule is CCCCCCCc1cnc(-c2ccc(/C=C/C(=O)O)cc2)nc1. The topological polar surface area (TPSA) is 63.1 Å². The Morgan fingerprint density at radius 1 is 1.04 bits per heavy atom. The van der Waals surface area contributed by atoms with Gasteiger partial charge in [-0.3, -0.25) is 0 Å². The monoisotopic (exact) mass is 324 g/mol. The van der Waals surface area contributed by atoms with Crippen molar-refractivity contribution in [3.05, 3.63) is 53.9 Å². The molecule has 1 heterocycles. The summed E-state index contributed by atoms with van der Waals surface area (Å²) in [6, 6.07) is 7.53. The number of carboxylic acid groups (broad SMARTS) is 1. The summed E-state index contributed by atoms with van der Waals surface area (Å²) < 4.78 is 0. The second-order valence-electron chi connectivity index (χ2n) is 5.87. The first-order valence-electron chi connectivity index (χ1n) is 8.51. The summed E-state index contributed by atoms with van der Waals surface area (Å²) in [6.07, 6.45) is 13.9. The van der Waals surface area contributed by atoms with Crippen LogP contribution in [0, 0.1) is 0 Å². The summed E-state index contributed by atoms with van der Waals surface area (Å²) in [5.41, 5.74) is 2.94. The molecule has 4 heteroatoms. The smallest absolute Gasteiger partial charge is 0.328 e. The van der Waals surface area contributed by atoms with Crippen LogP contribution in [0.5, 0.6) is 0 Å². The van der Waals surface area contributed by atoms with Crippen LogP contribution in [0.25, 0.3) is 17.5 Å². The van der Waals surface area contributed by atoms with E-state index >= 15 is 0 Å². The lowest BCUT2D eigenvalue weighted by Crippen LogP contribution is -1.93. The standard InChI is InChI=1S/C20H24N2O2/c1-2-3-4-5-6-7-17-14-21-20(22-15-17)18-11-8-16(9-12-18)10-13-19(23)24/h8-15H,2-7H2,1H3,(H,23,24)/b13-10+. The minimum absolute atomic E-state index is 0.693. The zero-order valence-electron chi connectivity index (χ0n) is 14.1. The average molecular weight is 324 g/mol. The van der Waals surface area contributed by atoms with Gasteiger partial charge in [0.05, 0.1) is 0 Å². The number of hydrogen-bond acceptors (Lipinski definition) is 3. The zero-order chi connectivity index (χ0) is 17.2. The first-order chi connectivity index (χ1) is 11.7. The van der Waals surface area contributed by atoms with Crippen molar-refractivity contribution >= 4 is 12.0 Å². The molecule has 2 aromatic rings. The third-order valence-corrected chi connectivity index (χ3v) is 3.86. The zero-order valence-corrected chi connectivity index (χ0v) is 14.1. The van der Waals surface area contributed by atoms with Gasteiger partial charge in [-0.2, -0.15) is 0 Å². The maximum absolute atomic E-state index is 10.5. The third kappa shape index (κ3) is 5.95. The summed E-state index contributed by atoms with van der Waals surface area (Å²) in [6.45, 7) is 2.22. The Balaban J connectivity index is 1.91. The molecule has 0 aliphatic heterocycles. The van der Waals surface area contributed by atoms with Gasteiger partial charge in [-0.05, 0) is 30.0 Å². The van der Waals surface area contributed by atoms with Gasteiger partial charge in [0.25, 0.3) is 0 Å². The molecule has 1 aromatic heterocycles. The number of aliphatic carboxylic acids is 1. The van der Waals surface area contributed by atoms with Crippen molar-refractivity contribution in [3.8, 4) is 11.4 Å². The van der Waals surface area contributed by atoms with Gasteiger partial charge in [0, 0.05) is 24.0 Å². The fourth-order valence-corrected chi connectivity index (χ4v) is 2.48. The number of nitrogens with zero attached hydrogens (tertiary/aromatic N) is 2. The van der Waals surface area contributed by atoms with E-state index < -0.39 is 5.97 Å². The van der Waals surface area contributed by atoms with E-state index in [2.05, 4.69) is 16.9 Å². The molecular formula is C20H24N2O2. The van der Waals surface area contributed by atoms with E-state index in [1.807, 2.05) is 36.7 Å². The molecule has 0 unspecified atom stereocenters. The van der Waals surface area contributed by atoms with E-state index in [1.165, 1.54) is 37.7 Å². The van der Waals surface area contributed by atoms with Gasteiger partial charge in [-0.15, -0.1) is 0 Å². The Morgan fingerprint density at radius 3 is 2.33 bits per heavy atom. The first-order valence-corrected chi connectivity index (χ1v) is 8.51. The minimum Gasteiger partial charge on any atom is -0.478 e. The molecule has 0 aliphatic rings. The van der Waals surface area contributed by atoms with Crippen LogP contribution in [0.2, 0.25) is 0 Å². The van der Waals surface area contributed by atoms with Crippen molar-refractivity contribution < 1.29 is 9.90 Å². The summed E-state index contributed by atoms with van der Waals surface area (Å²) in [5, 5.41) is 8.63. The van der Waals surface area contributed by atoms with Crippen LogP contribution in [0.4, 0.5) is 0 Å². The Morgan fingerprint density at radius 2 is 1.71 bits per heavy atom. The van der Waals surface area contributed by atoms with Gasteiger partial charge in [0.2, 0.25) is 0 Å². The molecule has 0 radical (unpaired) electrons. The molecule has 2 rings (SSSR count). The van der Waals surface area contributed by atoms with Crippen molar-refractivity contribution in [1.82, 2.24) is 9.97 Å². The van der Waals surface area contributed by atoms with E-state index in [0.717, 1.165) is 23.6 Å². The fourth-order valence-electron chi connectivity index (χ4n) is 2.48. The average Bonchev–Trinajstić information content (AvgIpc) is 2.61. The Bertz CT molecular complexity index is 661. The van der Waals surface area contributed by atoms with Crippen LogP contribution in [0.3, 0.4) is 0 Å². The molecule has 4 nitrogen and oxygen atoms in total. The molecule has 1 aromatic carbocycles. The van der Waals surface area contributed by atoms with Crippen molar-refractivity contribution in [1.29, 1.82) is 0 Å². The summed E-state index contributed by atoms with van der Waals surface area (Å²) >= 11 is 0. The lowest BCUT2D eigenvalue weighted by Gasteiger charge is -2.04. The molecule has 0 aliphatic carbocycles. The highest BCUT2D eigenvalue weighted by molar-refractivity contribution is 5.85. The van der Waals surface area contributed by atoms with E-state index in [0.29, 0.717) is 5.82 Å². The number of unbranched alkanes of at least 4 members (excludes halogenated alkanes) is 4. The normalized spacial score (nSPS) is 11.0. The molecule has 24 heavy (non-hydrogen) atoms. The van der Waals surface area contributed by atoms with Crippen LogP contribution in [-0.2, 0) is 11.2 Å². The van der Waals surface area contributed by atoms with Crippen molar-refractivity contribution in [2.45, 2.75) is 45.4 Å². The highest BCUT2D eigenvalue weighted by atomic mass is 16.4. The fraction of sp³-hybridized carbons (Fsp3) is 0.350. The van der Waals surface area contributed by atoms with Gasteiger partial charge in [0.15, 0.2) is 5.82 Å². The Kier molecular flexibility index (Phi) is 7.15. The van der Waals surface area contributed by atoms with Gasteiger partial charge in [0.1, 0.15) is 0 Å². The molecule has 0 fully saturated rings. The maximum Gasteiger partial charge on any atom is 0.328 e. The van der Waals surface area contributed by atoms with Gasteiger partial charge < -0.3 is 5.11 Å². The second kappa shape index (κ2) is 9.60. The predicted octanol–water partition coefficient (Wildman–Crippen LogP) is 4.75. The minimum atomic E-state index is -0.951. The van der Waals surface area contributed by atoms with E-state index in [1.54, 1.807) is 6.08 Å². The third-order valence-electron chi connectivity index (χ3n) is 3.86. The Labute approximate surface area is 143 Å². The number of hydrogen-bond donors (Lipinski definition) is 1. The van der Waals surface area contributed by atoms with Gasteiger partial charge in [-0.1, -0.05) is 56.9 Å². The second-order valence-corrected chi connectivity index (χ2v) is 5.87. The first kappa shape index (κ1) is 17.9. The molecule has 0 atom stereocenters. The van der Waals surface area contributed by atoms with Crippen LogP contribution in [0.15, 0.2) is 42.7 Å². The Hall–Kier alpha value is -2.49. The molecule has 0 bridgehead atoms. The molecular weight excluding hydrogens is 300 g/mol. The van der Waals surface area contributed by atoms with Crippen LogP contribution >= 0.6 is 0 Å². The van der Waals surface area contributed by atoms with Gasteiger partial charge >= 0.3 is 5.97 Å². The molecule has 126 valence electrons. The quantitative estimate of drug-likeness (QED) is 0.534. The highest BCUT2D eigenvalue weighted by Gasteiger charge is 2.02. The predicted molar refractivity (Wildman–Crippen MR) is 96.6 cm³/mol. The summed E-state index contributed by atoms with van der Waals surface area (Å²) in [7, 11) is 0. The van der Waals surface area contributed by atoms with Crippen molar-refractivity contribution in [2.24, 2.45) is 0 Å². The lowest BCUT2D eigenvalue weighted by atomic mass is 10.1. The maximum atomic E-state index is 10.5. The van der Waals surface area contributed by atoms with Crippen LogP contribution in [-0.4, -0.2) is 21.0 Å². The number of carboxylic acids is 1. The number of aromatic nitrogens is 2. The van der Waals surface area contributed by atoms with E-state index in [-0.39, 0.29) is 0 Å². The largest absolute Gasteiger partial charge is 0.478 e. The summed E-state index contributed by atoms with van der Waals surface area (Å²) in [5.74, 6) is -0.258. The molecule has 0 saturated carbocycles. The van der Waals surface area contributed by atoms with Crippen LogP contribution in [0.1, 0.15) is 50.2 Å². The van der Waals surface area contributed by atoms with E-state index in [9.17, 15) is 4.79 Å². The number of benzene rings is 1. The van der Waals surface area contributed by atoms with Crippen molar-refractivity contribution in [3.63, 3.8) is 0 Å². The van der Waals surface area contributed by atoms with E-state index in [4.69, 9.17) is 5.11 Å². The molecule has 0 amide bonds. The van der Waals surface area contributed by atoms with Crippen molar-refractivity contribution in [2.75, 3.05) is 0 Å². The molecule has 0 saturated heterocycles. The number of aryl methyl sites for hydroxylation is 1. The number of carbonyl (C=O) groups is 1. The highest BCUT2D eigenvalue weighted by Crippen LogP contribution is 2.17. The molecule has 0 spiro atoms. The lowest BCUT2D eigenvalue weighted by molar-refractivity contribution is -0.131. The number of rotatable bonds is 9. The molecule has 1 N–H and O–H groups in total. The summed E-state index contributed by atoms with van der Waals surface area (Å²) in [4.78, 5) is 19.4.